The highest BCUT2D eigenvalue weighted by Gasteiger charge is 2.70. The summed E-state index contributed by atoms with van der Waals surface area (Å²) in [5.41, 5.74) is 14.4. The van der Waals surface area contributed by atoms with Crippen LogP contribution >= 0.6 is 0 Å². The lowest BCUT2D eigenvalue weighted by atomic mass is 9.37. The smallest absolute Gasteiger partial charge is 0.137 e. The van der Waals surface area contributed by atoms with Gasteiger partial charge in [-0.05, 0) is 152 Å². The molecule has 9 aromatic rings. The number of furan rings is 1. The molecule has 262 valence electrons. The number of nitrogens with zero attached hydrogens (tertiary/aromatic N) is 1. The summed E-state index contributed by atoms with van der Waals surface area (Å²) in [4.78, 5) is 2.38. The fraction of sp³-hybridized carbons (Fsp3) is 0.170. The van der Waals surface area contributed by atoms with E-state index in [2.05, 4.69) is 163 Å². The lowest BCUT2D eigenvalue weighted by Gasteiger charge is -2.67. The molecule has 2 nitrogen and oxygen atoms in total. The van der Waals surface area contributed by atoms with Crippen LogP contribution in [0.15, 0.2) is 168 Å². The Morgan fingerprint density at radius 3 is 2.04 bits per heavy atom. The van der Waals surface area contributed by atoms with Crippen LogP contribution in [0, 0.1) is 17.3 Å². The Morgan fingerprint density at radius 2 is 1.13 bits per heavy atom. The molecule has 5 atom stereocenters. The third-order valence-corrected chi connectivity index (χ3v) is 14.6. The highest BCUT2D eigenvalue weighted by molar-refractivity contribution is 6.09. The maximum absolute atomic E-state index is 6.42. The van der Waals surface area contributed by atoms with Crippen molar-refractivity contribution in [1.82, 2.24) is 0 Å². The van der Waals surface area contributed by atoms with Gasteiger partial charge in [-0.2, -0.15) is 0 Å². The molecule has 0 saturated heterocycles. The van der Waals surface area contributed by atoms with Crippen molar-refractivity contribution in [3.8, 4) is 22.3 Å². The van der Waals surface area contributed by atoms with E-state index in [0.717, 1.165) is 56.8 Å². The van der Waals surface area contributed by atoms with E-state index >= 15 is 0 Å². The van der Waals surface area contributed by atoms with Crippen molar-refractivity contribution in [3.05, 3.63) is 175 Å². The first kappa shape index (κ1) is 30.2. The summed E-state index contributed by atoms with van der Waals surface area (Å²) in [6.45, 7) is 0. The molecule has 2 heteroatoms. The minimum absolute atomic E-state index is 0.545. The summed E-state index contributed by atoms with van der Waals surface area (Å²) in [7, 11) is 0. The van der Waals surface area contributed by atoms with E-state index in [1.807, 2.05) is 6.07 Å². The maximum Gasteiger partial charge on any atom is 0.137 e. The third kappa shape index (κ3) is 4.15. The Labute approximate surface area is 320 Å². The van der Waals surface area contributed by atoms with Crippen molar-refractivity contribution in [1.29, 1.82) is 0 Å². The van der Waals surface area contributed by atoms with Gasteiger partial charge in [0.25, 0.3) is 0 Å². The van der Waals surface area contributed by atoms with Gasteiger partial charge in [0.1, 0.15) is 11.2 Å². The van der Waals surface area contributed by atoms with Gasteiger partial charge >= 0.3 is 0 Å². The first-order valence-electron chi connectivity index (χ1n) is 20.2. The molecule has 2 bridgehead atoms. The van der Waals surface area contributed by atoms with Crippen LogP contribution in [0.1, 0.15) is 48.6 Å². The van der Waals surface area contributed by atoms with Crippen LogP contribution in [0.2, 0.25) is 0 Å². The quantitative estimate of drug-likeness (QED) is 0.170. The second kappa shape index (κ2) is 11.0. The van der Waals surface area contributed by atoms with E-state index in [1.54, 1.807) is 11.1 Å². The highest BCUT2D eigenvalue weighted by atomic mass is 16.3. The average molecular weight is 706 g/mol. The number of hydrogen-bond acceptors (Lipinski definition) is 2. The molecule has 0 N–H and O–H groups in total. The zero-order valence-corrected chi connectivity index (χ0v) is 30.6. The molecule has 5 unspecified atom stereocenters. The second-order valence-electron chi connectivity index (χ2n) is 16.9. The molecule has 4 aliphatic carbocycles. The Kier molecular flexibility index (Phi) is 6.04. The SMILES string of the molecule is c1ccc2c(c1)-c1ccc(-c3ccc(N(c4ccc5c(ccc6ccccc65)c4)c4ccc5c(c4)oc4ccccc45)cc3)cc1C1CC3CC4CC2CC431. The standard InChI is InChI=1S/C53H39NO/c1-2-8-42-33(7-1)13-14-35-26-40(20-23-44(35)42)54(41-21-24-48-47-11-5-6-12-51(47)55-52(48)30-41)39-18-15-32(16-19-39)34-17-22-46-45-10-4-3-9-43(45)36-25-37-28-38-29-50(49(46)27-34)53(37,38)31-36/h1-24,26-27,30,36-38,50H,25,28-29,31H2. The molecule has 3 fully saturated rings. The van der Waals surface area contributed by atoms with E-state index in [0.29, 0.717) is 11.3 Å². The molecule has 0 amide bonds. The lowest BCUT2D eigenvalue weighted by Crippen LogP contribution is -2.58. The van der Waals surface area contributed by atoms with Crippen LogP contribution in [-0.4, -0.2) is 0 Å². The summed E-state index contributed by atoms with van der Waals surface area (Å²) in [6, 6.07) is 61.0. The van der Waals surface area contributed by atoms with Gasteiger partial charge < -0.3 is 9.32 Å². The highest BCUT2D eigenvalue weighted by Crippen LogP contribution is 2.80. The third-order valence-electron chi connectivity index (χ3n) is 14.6. The van der Waals surface area contributed by atoms with Crippen LogP contribution in [0.4, 0.5) is 17.1 Å². The summed E-state index contributed by atoms with van der Waals surface area (Å²) < 4.78 is 6.42. The Hall–Kier alpha value is -6.12. The van der Waals surface area contributed by atoms with Crippen molar-refractivity contribution in [3.63, 3.8) is 0 Å². The number of hydrogen-bond donors (Lipinski definition) is 0. The molecule has 0 aliphatic heterocycles. The van der Waals surface area contributed by atoms with Gasteiger partial charge in [-0.3, -0.25) is 0 Å². The second-order valence-corrected chi connectivity index (χ2v) is 16.9. The minimum Gasteiger partial charge on any atom is -0.456 e. The van der Waals surface area contributed by atoms with Crippen molar-refractivity contribution < 1.29 is 4.42 Å². The van der Waals surface area contributed by atoms with Crippen LogP contribution < -0.4 is 4.90 Å². The van der Waals surface area contributed by atoms with Gasteiger partial charge in [-0.1, -0.05) is 115 Å². The van der Waals surface area contributed by atoms with E-state index in [9.17, 15) is 0 Å². The van der Waals surface area contributed by atoms with E-state index in [-0.39, 0.29) is 0 Å². The summed E-state index contributed by atoms with van der Waals surface area (Å²) in [6.07, 6.45) is 5.61. The number of para-hydroxylation sites is 1. The molecule has 1 heterocycles. The first-order valence-corrected chi connectivity index (χ1v) is 20.2. The van der Waals surface area contributed by atoms with Gasteiger partial charge in [-0.15, -0.1) is 0 Å². The van der Waals surface area contributed by atoms with Crippen molar-refractivity contribution in [2.24, 2.45) is 17.3 Å². The topological polar surface area (TPSA) is 16.4 Å². The van der Waals surface area contributed by atoms with E-state index in [4.69, 9.17) is 4.42 Å². The van der Waals surface area contributed by atoms with Gasteiger partial charge in [0.2, 0.25) is 0 Å². The molecule has 8 aromatic carbocycles. The van der Waals surface area contributed by atoms with Crippen LogP contribution in [-0.2, 0) is 0 Å². The zero-order chi connectivity index (χ0) is 35.8. The van der Waals surface area contributed by atoms with Gasteiger partial charge in [0.15, 0.2) is 0 Å². The van der Waals surface area contributed by atoms with Gasteiger partial charge in [0, 0.05) is 33.9 Å². The average Bonchev–Trinajstić information content (AvgIpc) is 3.79. The summed E-state index contributed by atoms with van der Waals surface area (Å²) in [5, 5.41) is 7.33. The molecular formula is C53H39NO. The molecule has 1 spiro atoms. The largest absolute Gasteiger partial charge is 0.456 e. The molecular weight excluding hydrogens is 667 g/mol. The minimum atomic E-state index is 0.545. The fourth-order valence-corrected chi connectivity index (χ4v) is 12.1. The first-order chi connectivity index (χ1) is 27.2. The molecule has 13 rings (SSSR count). The molecule has 4 aliphatic rings. The predicted molar refractivity (Wildman–Crippen MR) is 228 cm³/mol. The van der Waals surface area contributed by atoms with Crippen molar-refractivity contribution in [2.45, 2.75) is 37.5 Å². The van der Waals surface area contributed by atoms with Crippen molar-refractivity contribution in [2.75, 3.05) is 4.90 Å². The molecule has 3 saturated carbocycles. The Balaban J connectivity index is 0.933. The lowest BCUT2D eigenvalue weighted by molar-refractivity contribution is -0.144. The summed E-state index contributed by atoms with van der Waals surface area (Å²) in [5.74, 6) is 3.26. The van der Waals surface area contributed by atoms with Crippen LogP contribution in [0.3, 0.4) is 0 Å². The maximum atomic E-state index is 6.42. The molecule has 0 radical (unpaired) electrons. The van der Waals surface area contributed by atoms with Crippen molar-refractivity contribution >= 4 is 60.5 Å². The fourth-order valence-electron chi connectivity index (χ4n) is 12.1. The number of rotatable bonds is 4. The summed E-state index contributed by atoms with van der Waals surface area (Å²) >= 11 is 0. The van der Waals surface area contributed by atoms with Gasteiger partial charge in [-0.25, -0.2) is 0 Å². The Morgan fingerprint density at radius 1 is 0.455 bits per heavy atom. The normalized spacial score (nSPS) is 23.1. The van der Waals surface area contributed by atoms with Gasteiger partial charge in [0.05, 0.1) is 0 Å². The number of fused-ring (bicyclic) bond motifs is 12. The van der Waals surface area contributed by atoms with Crippen LogP contribution in [0.25, 0.3) is 65.7 Å². The zero-order valence-electron chi connectivity index (χ0n) is 30.6. The molecule has 1 aromatic heterocycles. The number of anilines is 3. The Bertz CT molecular complexity index is 3040. The predicted octanol–water partition coefficient (Wildman–Crippen LogP) is 14.7. The van der Waals surface area contributed by atoms with E-state index in [1.165, 1.54) is 69.5 Å². The van der Waals surface area contributed by atoms with E-state index < -0.39 is 0 Å². The number of benzene rings is 8. The van der Waals surface area contributed by atoms with Crippen LogP contribution in [0.5, 0.6) is 0 Å². The molecule has 55 heavy (non-hydrogen) atoms. The monoisotopic (exact) mass is 705 g/mol.